The molecule has 0 spiro atoms. The average molecular weight is 303 g/mol. The number of hydrogen-bond acceptors (Lipinski definition) is 4. The van der Waals surface area contributed by atoms with E-state index >= 15 is 0 Å². The van der Waals surface area contributed by atoms with E-state index in [1.807, 2.05) is 20.9 Å². The van der Waals surface area contributed by atoms with Gasteiger partial charge in [0.1, 0.15) is 6.29 Å². The van der Waals surface area contributed by atoms with Crippen LogP contribution in [0.25, 0.3) is 0 Å². The molecule has 1 fully saturated rings. The summed E-state index contributed by atoms with van der Waals surface area (Å²) in [6.45, 7) is 10.1. The first-order valence-corrected chi connectivity index (χ1v) is 8.53. The number of benzene rings is 1. The Hall–Kier alpha value is -1.55. The normalized spacial score (nSPS) is 23.2. The van der Waals surface area contributed by atoms with Crippen molar-refractivity contribution in [2.24, 2.45) is 0 Å². The molecular formula is C18H29N3O. The van der Waals surface area contributed by atoms with Crippen LogP contribution in [0, 0.1) is 0 Å². The molecule has 0 bridgehead atoms. The number of anilines is 2. The number of likely N-dealkylation sites (tertiary alicyclic amines) is 1. The summed E-state index contributed by atoms with van der Waals surface area (Å²) >= 11 is 0. The third kappa shape index (κ3) is 2.84. The van der Waals surface area contributed by atoms with Gasteiger partial charge in [-0.2, -0.15) is 0 Å². The van der Waals surface area contributed by atoms with Gasteiger partial charge in [0.25, 0.3) is 0 Å². The fourth-order valence-electron chi connectivity index (χ4n) is 3.83. The molecule has 1 aromatic carbocycles. The number of likely N-dealkylation sites (N-methyl/N-ethyl adjacent to an activating group) is 1. The molecule has 2 unspecified atom stereocenters. The first-order chi connectivity index (χ1) is 10.8. The van der Waals surface area contributed by atoms with Gasteiger partial charge >= 0.3 is 0 Å². The standard InChI is InChI=1S/C16H23N3O.C2H6/c1-3-18-8-7-15-13(11-18)12-5-4-6-14(17-2)16(12)19(15)9-10-20;1-2/h4-6,10,13,15,17H,3,7-9,11H2,1-2H3;1-2H3. The van der Waals surface area contributed by atoms with Crippen LogP contribution in [0.5, 0.6) is 0 Å². The van der Waals surface area contributed by atoms with E-state index in [4.69, 9.17) is 0 Å². The average Bonchev–Trinajstić information content (AvgIpc) is 2.90. The maximum absolute atomic E-state index is 11.1. The van der Waals surface area contributed by atoms with Crippen LogP contribution in [0.3, 0.4) is 0 Å². The Morgan fingerprint density at radius 1 is 1.36 bits per heavy atom. The number of hydrogen-bond donors (Lipinski definition) is 1. The van der Waals surface area contributed by atoms with Crippen molar-refractivity contribution in [2.45, 2.75) is 39.2 Å². The Balaban J connectivity index is 0.000000847. The molecule has 122 valence electrons. The quantitative estimate of drug-likeness (QED) is 0.868. The zero-order valence-electron chi connectivity index (χ0n) is 14.3. The van der Waals surface area contributed by atoms with E-state index in [0.717, 1.165) is 38.0 Å². The van der Waals surface area contributed by atoms with Crippen LogP contribution in [0.2, 0.25) is 0 Å². The first-order valence-electron chi connectivity index (χ1n) is 8.53. The minimum absolute atomic E-state index is 0.479. The van der Waals surface area contributed by atoms with Crippen molar-refractivity contribution >= 4 is 17.7 Å². The van der Waals surface area contributed by atoms with E-state index < -0.39 is 0 Å². The Kier molecular flexibility index (Phi) is 5.83. The van der Waals surface area contributed by atoms with E-state index in [2.05, 4.69) is 40.2 Å². The highest BCUT2D eigenvalue weighted by Gasteiger charge is 2.42. The van der Waals surface area contributed by atoms with E-state index in [1.165, 1.54) is 11.3 Å². The number of piperidine rings is 1. The van der Waals surface area contributed by atoms with Crippen LogP contribution in [-0.4, -0.2) is 50.5 Å². The van der Waals surface area contributed by atoms with E-state index in [-0.39, 0.29) is 0 Å². The SMILES string of the molecule is CC.CCN1CCC2C(C1)c1cccc(NC)c1N2CC=O. The molecule has 2 heterocycles. The van der Waals surface area contributed by atoms with Crippen molar-refractivity contribution in [1.82, 2.24) is 4.90 Å². The maximum Gasteiger partial charge on any atom is 0.139 e. The second kappa shape index (κ2) is 7.63. The lowest BCUT2D eigenvalue weighted by molar-refractivity contribution is -0.106. The summed E-state index contributed by atoms with van der Waals surface area (Å²) < 4.78 is 0. The van der Waals surface area contributed by atoms with Crippen molar-refractivity contribution < 1.29 is 4.79 Å². The summed E-state index contributed by atoms with van der Waals surface area (Å²) in [5.74, 6) is 0.534. The molecule has 3 rings (SSSR count). The molecule has 0 radical (unpaired) electrons. The zero-order chi connectivity index (χ0) is 16.1. The molecule has 4 heteroatoms. The van der Waals surface area contributed by atoms with E-state index in [1.54, 1.807) is 0 Å². The molecule has 4 nitrogen and oxygen atoms in total. The fraction of sp³-hybridized carbons (Fsp3) is 0.611. The lowest BCUT2D eigenvalue weighted by Crippen LogP contribution is -2.46. The fourth-order valence-corrected chi connectivity index (χ4v) is 3.83. The Bertz CT molecular complexity index is 503. The molecular weight excluding hydrogens is 274 g/mol. The Morgan fingerprint density at radius 3 is 2.77 bits per heavy atom. The molecule has 0 amide bonds. The lowest BCUT2D eigenvalue weighted by atomic mass is 9.89. The summed E-state index contributed by atoms with van der Waals surface area (Å²) in [6.07, 6.45) is 2.18. The molecule has 0 aromatic heterocycles. The number of rotatable bonds is 4. The first kappa shape index (κ1) is 16.8. The van der Waals surface area contributed by atoms with Crippen LogP contribution in [0.1, 0.15) is 38.7 Å². The molecule has 2 aliphatic rings. The summed E-state index contributed by atoms with van der Waals surface area (Å²) in [7, 11) is 1.95. The van der Waals surface area contributed by atoms with E-state index in [9.17, 15) is 4.79 Å². The van der Waals surface area contributed by atoms with Gasteiger partial charge in [0.2, 0.25) is 0 Å². The predicted octanol–water partition coefficient (Wildman–Crippen LogP) is 2.95. The number of nitrogens with zero attached hydrogens (tertiary/aromatic N) is 2. The minimum Gasteiger partial charge on any atom is -0.386 e. The highest BCUT2D eigenvalue weighted by atomic mass is 16.1. The van der Waals surface area contributed by atoms with Gasteiger partial charge in [0, 0.05) is 32.1 Å². The Morgan fingerprint density at radius 2 is 2.14 bits per heavy atom. The Labute approximate surface area is 134 Å². The summed E-state index contributed by atoms with van der Waals surface area (Å²) in [5, 5.41) is 3.28. The molecule has 2 atom stereocenters. The van der Waals surface area contributed by atoms with Gasteiger partial charge in [-0.1, -0.05) is 32.9 Å². The van der Waals surface area contributed by atoms with Crippen LogP contribution < -0.4 is 10.2 Å². The third-order valence-electron chi connectivity index (χ3n) is 4.80. The topological polar surface area (TPSA) is 35.6 Å². The number of fused-ring (bicyclic) bond motifs is 3. The predicted molar refractivity (Wildman–Crippen MR) is 94.0 cm³/mol. The number of para-hydroxylation sites is 1. The minimum atomic E-state index is 0.479. The van der Waals surface area contributed by atoms with Crippen molar-refractivity contribution in [2.75, 3.05) is 43.4 Å². The number of aldehydes is 1. The van der Waals surface area contributed by atoms with Crippen LogP contribution in [0.4, 0.5) is 11.4 Å². The molecule has 2 aliphatic heterocycles. The number of carbonyl (C=O) groups excluding carboxylic acids is 1. The van der Waals surface area contributed by atoms with Gasteiger partial charge in [-0.05, 0) is 24.6 Å². The van der Waals surface area contributed by atoms with Gasteiger partial charge in [-0.25, -0.2) is 0 Å². The highest BCUT2D eigenvalue weighted by Crippen LogP contribution is 2.47. The monoisotopic (exact) mass is 303 g/mol. The van der Waals surface area contributed by atoms with Gasteiger partial charge in [0.05, 0.1) is 17.9 Å². The molecule has 0 saturated carbocycles. The van der Waals surface area contributed by atoms with Crippen molar-refractivity contribution in [3.05, 3.63) is 23.8 Å². The summed E-state index contributed by atoms with van der Waals surface area (Å²) in [4.78, 5) is 15.9. The smallest absolute Gasteiger partial charge is 0.139 e. The molecule has 1 saturated heterocycles. The summed E-state index contributed by atoms with van der Waals surface area (Å²) in [6, 6.07) is 6.94. The zero-order valence-corrected chi connectivity index (χ0v) is 14.3. The van der Waals surface area contributed by atoms with E-state index in [0.29, 0.717) is 18.5 Å². The molecule has 22 heavy (non-hydrogen) atoms. The highest BCUT2D eigenvalue weighted by molar-refractivity contribution is 5.80. The van der Waals surface area contributed by atoms with Crippen LogP contribution >= 0.6 is 0 Å². The second-order valence-corrected chi connectivity index (χ2v) is 5.67. The van der Waals surface area contributed by atoms with Gasteiger partial charge < -0.3 is 19.9 Å². The number of nitrogens with one attached hydrogen (secondary N) is 1. The van der Waals surface area contributed by atoms with Gasteiger partial charge in [-0.15, -0.1) is 0 Å². The second-order valence-electron chi connectivity index (χ2n) is 5.67. The van der Waals surface area contributed by atoms with Crippen molar-refractivity contribution in [1.29, 1.82) is 0 Å². The van der Waals surface area contributed by atoms with Crippen molar-refractivity contribution in [3.63, 3.8) is 0 Å². The maximum atomic E-state index is 11.1. The van der Waals surface area contributed by atoms with Crippen LogP contribution in [-0.2, 0) is 4.79 Å². The molecule has 1 N–H and O–H groups in total. The number of carbonyl (C=O) groups is 1. The summed E-state index contributed by atoms with van der Waals surface area (Å²) in [5.41, 5.74) is 3.79. The molecule has 1 aromatic rings. The van der Waals surface area contributed by atoms with Gasteiger partial charge in [-0.3, -0.25) is 0 Å². The van der Waals surface area contributed by atoms with Gasteiger partial charge in [0.15, 0.2) is 0 Å². The third-order valence-corrected chi connectivity index (χ3v) is 4.80. The largest absolute Gasteiger partial charge is 0.386 e. The molecule has 0 aliphatic carbocycles. The van der Waals surface area contributed by atoms with Crippen LogP contribution in [0.15, 0.2) is 18.2 Å². The van der Waals surface area contributed by atoms with Crippen molar-refractivity contribution in [3.8, 4) is 0 Å². The lowest BCUT2D eigenvalue weighted by Gasteiger charge is -2.38.